The number of fused-ring (bicyclic) bond motifs is 5. The highest BCUT2D eigenvalue weighted by Gasteiger charge is 2.60. The highest BCUT2D eigenvalue weighted by molar-refractivity contribution is 5.91. The molecule has 0 aromatic carbocycles. The van der Waals surface area contributed by atoms with E-state index in [2.05, 4.69) is 34.3 Å². The summed E-state index contributed by atoms with van der Waals surface area (Å²) < 4.78 is 0. The van der Waals surface area contributed by atoms with Gasteiger partial charge in [0.2, 0.25) is 0 Å². The lowest BCUT2D eigenvalue weighted by atomic mass is 9.46. The van der Waals surface area contributed by atoms with Crippen molar-refractivity contribution < 1.29 is 14.7 Å². The minimum Gasteiger partial charge on any atom is -0.481 e. The molecular formula is C28H42O3. The summed E-state index contributed by atoms with van der Waals surface area (Å²) in [6, 6.07) is 0. The van der Waals surface area contributed by atoms with Gasteiger partial charge in [0, 0.05) is 6.42 Å². The maximum Gasteiger partial charge on any atom is 0.306 e. The minimum atomic E-state index is -0.600. The fraction of sp³-hybridized carbons (Fsp3) is 0.786. The van der Waals surface area contributed by atoms with Gasteiger partial charge in [0.05, 0.1) is 5.92 Å². The zero-order valence-electron chi connectivity index (χ0n) is 20.1. The Kier molecular flexibility index (Phi) is 6.03. The van der Waals surface area contributed by atoms with Gasteiger partial charge in [0.1, 0.15) is 0 Å². The molecule has 0 unspecified atom stereocenters. The van der Waals surface area contributed by atoms with E-state index in [0.717, 1.165) is 38.5 Å². The van der Waals surface area contributed by atoms with Crippen LogP contribution >= 0.6 is 0 Å². The lowest BCUT2D eigenvalue weighted by molar-refractivity contribution is -0.147. The van der Waals surface area contributed by atoms with Gasteiger partial charge in [0.15, 0.2) is 5.78 Å². The number of carbonyl (C=O) groups is 2. The predicted octanol–water partition coefficient (Wildman–Crippen LogP) is 6.83. The second-order valence-electron chi connectivity index (χ2n) is 12.0. The van der Waals surface area contributed by atoms with Crippen LogP contribution in [0.25, 0.3) is 0 Å². The molecular weight excluding hydrogens is 384 g/mol. The van der Waals surface area contributed by atoms with E-state index in [9.17, 15) is 14.7 Å². The smallest absolute Gasteiger partial charge is 0.306 e. The van der Waals surface area contributed by atoms with Crippen molar-refractivity contribution in [3.05, 3.63) is 23.8 Å². The standard InChI is InChI=1S/C28H42O3/c1-17(2)18(3)6-8-22(26(30)31)24-11-10-23-21-9-7-19-16-20(29)12-14-27(19,4)25(21)13-15-28(23,24)5/h16-17,21-25H,3,6-15H2,1-2,4-5H3,(H,30,31)/t21-,22+,23-,24+,25-,27-,28-/m0/s1. The van der Waals surface area contributed by atoms with Crippen LogP contribution in [0.5, 0.6) is 0 Å². The number of carboxylic acid groups (broad SMARTS) is 1. The highest BCUT2D eigenvalue weighted by atomic mass is 16.4. The maximum atomic E-state index is 12.4. The number of carbonyl (C=O) groups excluding carboxylic acids is 1. The van der Waals surface area contributed by atoms with Crippen molar-refractivity contribution in [2.24, 2.45) is 46.3 Å². The third-order valence-electron chi connectivity index (χ3n) is 10.4. The van der Waals surface area contributed by atoms with Gasteiger partial charge < -0.3 is 5.11 Å². The van der Waals surface area contributed by atoms with Gasteiger partial charge in [-0.25, -0.2) is 0 Å². The average Bonchev–Trinajstić information content (AvgIpc) is 3.05. The second kappa shape index (κ2) is 8.19. The molecule has 4 aliphatic carbocycles. The van der Waals surface area contributed by atoms with Crippen molar-refractivity contribution in [2.45, 2.75) is 91.9 Å². The molecule has 0 bridgehead atoms. The topological polar surface area (TPSA) is 54.4 Å². The summed E-state index contributed by atoms with van der Waals surface area (Å²) in [6.07, 6.45) is 12.1. The molecule has 3 fully saturated rings. The molecule has 7 atom stereocenters. The Bertz CT molecular complexity index is 792. The molecule has 1 N–H and O–H groups in total. The molecule has 0 amide bonds. The van der Waals surface area contributed by atoms with Crippen molar-refractivity contribution in [1.82, 2.24) is 0 Å². The number of allylic oxidation sites excluding steroid dienone is 2. The summed E-state index contributed by atoms with van der Waals surface area (Å²) in [7, 11) is 0. The summed E-state index contributed by atoms with van der Waals surface area (Å²) in [5.41, 5.74) is 2.93. The third kappa shape index (κ3) is 3.74. The van der Waals surface area contributed by atoms with E-state index in [-0.39, 0.29) is 22.7 Å². The van der Waals surface area contributed by atoms with Crippen molar-refractivity contribution in [3.63, 3.8) is 0 Å². The van der Waals surface area contributed by atoms with E-state index in [4.69, 9.17) is 0 Å². The van der Waals surface area contributed by atoms with Crippen LogP contribution in [0.15, 0.2) is 23.8 Å². The first kappa shape index (κ1) is 22.8. The van der Waals surface area contributed by atoms with Gasteiger partial charge in [-0.15, -0.1) is 0 Å². The Hall–Kier alpha value is -1.38. The Morgan fingerprint density at radius 1 is 1.13 bits per heavy atom. The Balaban J connectivity index is 1.55. The number of carboxylic acids is 1. The lowest BCUT2D eigenvalue weighted by Crippen LogP contribution is -2.51. The van der Waals surface area contributed by atoms with Crippen molar-refractivity contribution in [1.29, 1.82) is 0 Å². The fourth-order valence-electron chi connectivity index (χ4n) is 8.39. The summed E-state index contributed by atoms with van der Waals surface area (Å²) in [5, 5.41) is 10.2. The summed E-state index contributed by atoms with van der Waals surface area (Å²) in [5.74, 6) is 2.18. The molecule has 0 aliphatic heterocycles. The summed E-state index contributed by atoms with van der Waals surface area (Å²) in [4.78, 5) is 24.4. The second-order valence-corrected chi connectivity index (χ2v) is 12.0. The first-order valence-corrected chi connectivity index (χ1v) is 12.7. The van der Waals surface area contributed by atoms with Gasteiger partial charge >= 0.3 is 5.97 Å². The molecule has 3 nitrogen and oxygen atoms in total. The molecule has 0 aromatic heterocycles. The zero-order chi connectivity index (χ0) is 22.6. The van der Waals surface area contributed by atoms with Crippen LogP contribution < -0.4 is 0 Å². The number of rotatable bonds is 6. The van der Waals surface area contributed by atoms with E-state index in [0.29, 0.717) is 35.9 Å². The van der Waals surface area contributed by atoms with E-state index >= 15 is 0 Å². The van der Waals surface area contributed by atoms with Crippen LogP contribution in [-0.4, -0.2) is 16.9 Å². The molecule has 0 heterocycles. The number of ketones is 1. The van der Waals surface area contributed by atoms with E-state index in [1.807, 2.05) is 6.08 Å². The molecule has 0 saturated heterocycles. The van der Waals surface area contributed by atoms with Crippen LogP contribution in [0, 0.1) is 46.3 Å². The zero-order valence-corrected chi connectivity index (χ0v) is 20.1. The van der Waals surface area contributed by atoms with Crippen LogP contribution in [0.4, 0.5) is 0 Å². The highest BCUT2D eigenvalue weighted by Crippen LogP contribution is 2.67. The van der Waals surface area contributed by atoms with Crippen LogP contribution in [-0.2, 0) is 9.59 Å². The quantitative estimate of drug-likeness (QED) is 0.474. The maximum absolute atomic E-state index is 12.4. The molecule has 172 valence electrons. The van der Waals surface area contributed by atoms with Crippen molar-refractivity contribution in [2.75, 3.05) is 0 Å². The molecule has 0 radical (unpaired) electrons. The van der Waals surface area contributed by atoms with Crippen LogP contribution in [0.3, 0.4) is 0 Å². The Morgan fingerprint density at radius 2 is 1.87 bits per heavy atom. The summed E-state index contributed by atoms with van der Waals surface area (Å²) in [6.45, 7) is 13.3. The normalized spacial score (nSPS) is 40.5. The largest absolute Gasteiger partial charge is 0.481 e. The molecule has 4 rings (SSSR count). The lowest BCUT2D eigenvalue weighted by Gasteiger charge is -2.58. The van der Waals surface area contributed by atoms with Crippen molar-refractivity contribution in [3.8, 4) is 0 Å². The van der Waals surface area contributed by atoms with Gasteiger partial charge in [-0.1, -0.05) is 45.4 Å². The minimum absolute atomic E-state index is 0.144. The van der Waals surface area contributed by atoms with Crippen molar-refractivity contribution >= 4 is 11.8 Å². The first-order chi connectivity index (χ1) is 14.6. The SMILES string of the molecule is C=C(CC[C@@H](C(=O)O)[C@H]1CC[C@H]2[C@@H]3CCC4=CC(=O)CC[C@]4(C)[C@H]3CC[C@]12C)C(C)C. The molecule has 31 heavy (non-hydrogen) atoms. The van der Waals surface area contributed by atoms with Gasteiger partial charge in [-0.3, -0.25) is 9.59 Å². The Labute approximate surface area is 188 Å². The predicted molar refractivity (Wildman–Crippen MR) is 125 cm³/mol. The fourth-order valence-corrected chi connectivity index (χ4v) is 8.39. The van der Waals surface area contributed by atoms with Crippen LogP contribution in [0.2, 0.25) is 0 Å². The number of hydrogen-bond acceptors (Lipinski definition) is 2. The van der Waals surface area contributed by atoms with Crippen LogP contribution in [0.1, 0.15) is 91.9 Å². The number of aliphatic carboxylic acids is 1. The van der Waals surface area contributed by atoms with Gasteiger partial charge in [0.25, 0.3) is 0 Å². The monoisotopic (exact) mass is 426 g/mol. The third-order valence-corrected chi connectivity index (χ3v) is 10.4. The Morgan fingerprint density at radius 3 is 2.55 bits per heavy atom. The molecule has 3 saturated carbocycles. The molecule has 3 heteroatoms. The number of hydrogen-bond donors (Lipinski definition) is 1. The van der Waals surface area contributed by atoms with Gasteiger partial charge in [-0.05, 0) is 104 Å². The van der Waals surface area contributed by atoms with E-state index in [1.165, 1.54) is 30.4 Å². The summed E-state index contributed by atoms with van der Waals surface area (Å²) >= 11 is 0. The molecule has 0 spiro atoms. The van der Waals surface area contributed by atoms with Gasteiger partial charge in [-0.2, -0.15) is 0 Å². The molecule has 4 aliphatic rings. The average molecular weight is 427 g/mol. The van der Waals surface area contributed by atoms with E-state index in [1.54, 1.807) is 0 Å². The van der Waals surface area contributed by atoms with E-state index < -0.39 is 5.97 Å². The molecule has 0 aromatic rings. The first-order valence-electron chi connectivity index (χ1n) is 12.7.